The molecule has 1 saturated carbocycles. The fourth-order valence-electron chi connectivity index (χ4n) is 3.79. The Morgan fingerprint density at radius 1 is 1.12 bits per heavy atom. The summed E-state index contributed by atoms with van der Waals surface area (Å²) in [5, 5.41) is 8.97. The summed E-state index contributed by atoms with van der Waals surface area (Å²) in [6, 6.07) is 0.353. The Hall–Kier alpha value is -1.02. The van der Waals surface area contributed by atoms with Crippen molar-refractivity contribution in [3.05, 3.63) is 11.6 Å². The lowest BCUT2D eigenvalue weighted by molar-refractivity contribution is 0.110. The zero-order chi connectivity index (χ0) is 16.9. The number of hydrogen-bond donors (Lipinski definition) is 1. The molecule has 136 valence electrons. The van der Waals surface area contributed by atoms with Crippen LogP contribution in [0.3, 0.4) is 0 Å². The highest BCUT2D eigenvalue weighted by Gasteiger charge is 2.32. The molecular formula is C17H32N6O. The van der Waals surface area contributed by atoms with Crippen molar-refractivity contribution in [2.75, 3.05) is 46.4 Å². The van der Waals surface area contributed by atoms with E-state index in [2.05, 4.69) is 31.5 Å². The number of nitrogens with two attached hydrogens (primary N) is 1. The maximum atomic E-state index is 5.93. The van der Waals surface area contributed by atoms with Crippen LogP contribution in [-0.2, 0) is 17.8 Å². The zero-order valence-electron chi connectivity index (χ0n) is 15.2. The van der Waals surface area contributed by atoms with Crippen molar-refractivity contribution in [1.29, 1.82) is 0 Å². The van der Waals surface area contributed by atoms with Crippen molar-refractivity contribution in [3.63, 3.8) is 0 Å². The Balaban J connectivity index is 1.50. The van der Waals surface area contributed by atoms with E-state index in [1.807, 2.05) is 0 Å². The van der Waals surface area contributed by atoms with Gasteiger partial charge in [0.25, 0.3) is 0 Å². The second-order valence-corrected chi connectivity index (χ2v) is 7.11. The molecule has 1 aliphatic heterocycles. The van der Waals surface area contributed by atoms with Crippen molar-refractivity contribution in [2.24, 2.45) is 5.73 Å². The van der Waals surface area contributed by atoms with E-state index in [4.69, 9.17) is 10.5 Å². The van der Waals surface area contributed by atoms with E-state index < -0.39 is 0 Å². The third-order valence-electron chi connectivity index (χ3n) is 5.36. The predicted octanol–water partition coefficient (Wildman–Crippen LogP) is 0.657. The Morgan fingerprint density at radius 3 is 2.46 bits per heavy atom. The molecule has 1 aromatic rings. The Bertz CT molecular complexity index is 505. The van der Waals surface area contributed by atoms with Gasteiger partial charge in [0.2, 0.25) is 0 Å². The summed E-state index contributed by atoms with van der Waals surface area (Å²) in [7, 11) is 1.77. The van der Waals surface area contributed by atoms with Crippen molar-refractivity contribution in [1.82, 2.24) is 24.6 Å². The molecular weight excluding hydrogens is 304 g/mol. The highest BCUT2D eigenvalue weighted by Crippen LogP contribution is 2.34. The summed E-state index contributed by atoms with van der Waals surface area (Å²) in [5.74, 6) is 2.77. The standard InChI is InChI=1S/C17H32N6O/c1-3-23-16(19-20-17(23)14-11-15(18)12-14)13-22-8-6-21(7-9-22)5-4-10-24-2/h14-15H,3-13,18H2,1-2H3. The molecule has 2 N–H and O–H groups in total. The smallest absolute Gasteiger partial charge is 0.147 e. The van der Waals surface area contributed by atoms with Crippen molar-refractivity contribution in [3.8, 4) is 0 Å². The lowest BCUT2D eigenvalue weighted by Crippen LogP contribution is -2.46. The number of aromatic nitrogens is 3. The minimum atomic E-state index is 0.353. The van der Waals surface area contributed by atoms with Gasteiger partial charge in [0.1, 0.15) is 11.6 Å². The van der Waals surface area contributed by atoms with E-state index in [1.165, 1.54) is 0 Å². The van der Waals surface area contributed by atoms with E-state index in [1.54, 1.807) is 7.11 Å². The Kier molecular flexibility index (Phi) is 6.21. The van der Waals surface area contributed by atoms with E-state index in [9.17, 15) is 0 Å². The molecule has 0 atom stereocenters. The normalized spacial score (nSPS) is 25.8. The van der Waals surface area contributed by atoms with Crippen LogP contribution in [0.4, 0.5) is 0 Å². The predicted molar refractivity (Wildman–Crippen MR) is 93.9 cm³/mol. The second-order valence-electron chi connectivity index (χ2n) is 7.11. The van der Waals surface area contributed by atoms with Crippen LogP contribution in [0.2, 0.25) is 0 Å². The first-order valence-electron chi connectivity index (χ1n) is 9.32. The first-order valence-corrected chi connectivity index (χ1v) is 9.32. The minimum Gasteiger partial charge on any atom is -0.385 e. The molecule has 24 heavy (non-hydrogen) atoms. The monoisotopic (exact) mass is 336 g/mol. The van der Waals surface area contributed by atoms with E-state index in [-0.39, 0.29) is 0 Å². The number of nitrogens with zero attached hydrogens (tertiary/aromatic N) is 5. The lowest BCUT2D eigenvalue weighted by Gasteiger charge is -2.34. The van der Waals surface area contributed by atoms with Crippen molar-refractivity contribution < 1.29 is 4.74 Å². The summed E-state index contributed by atoms with van der Waals surface area (Å²) in [6.07, 6.45) is 3.23. The third-order valence-corrected chi connectivity index (χ3v) is 5.36. The van der Waals surface area contributed by atoms with Gasteiger partial charge in [-0.25, -0.2) is 0 Å². The molecule has 0 bridgehead atoms. The average Bonchev–Trinajstić information content (AvgIpc) is 2.96. The molecule has 3 rings (SSSR count). The summed E-state index contributed by atoms with van der Waals surface area (Å²) < 4.78 is 7.44. The number of methoxy groups -OCH3 is 1. The van der Waals surface area contributed by atoms with Gasteiger partial charge in [0.15, 0.2) is 0 Å². The van der Waals surface area contributed by atoms with Gasteiger partial charge in [-0.1, -0.05) is 0 Å². The SMILES string of the molecule is CCn1c(CN2CCN(CCCOC)CC2)nnc1C1CC(N)C1. The molecule has 0 amide bonds. The van der Waals surface area contributed by atoms with Gasteiger partial charge in [0, 0.05) is 64.9 Å². The number of rotatable bonds is 8. The molecule has 0 aromatic carbocycles. The zero-order valence-corrected chi connectivity index (χ0v) is 15.2. The molecule has 7 nitrogen and oxygen atoms in total. The maximum Gasteiger partial charge on any atom is 0.147 e. The topological polar surface area (TPSA) is 72.4 Å². The van der Waals surface area contributed by atoms with Crippen LogP contribution in [-0.4, -0.2) is 77.0 Å². The van der Waals surface area contributed by atoms with Gasteiger partial charge >= 0.3 is 0 Å². The molecule has 2 aliphatic rings. The van der Waals surface area contributed by atoms with Crippen LogP contribution in [0.25, 0.3) is 0 Å². The highest BCUT2D eigenvalue weighted by molar-refractivity contribution is 5.08. The van der Waals surface area contributed by atoms with E-state index in [0.29, 0.717) is 12.0 Å². The number of hydrogen-bond acceptors (Lipinski definition) is 6. The van der Waals surface area contributed by atoms with Gasteiger partial charge in [-0.2, -0.15) is 0 Å². The quantitative estimate of drug-likeness (QED) is 0.703. The summed E-state index contributed by atoms with van der Waals surface area (Å²) in [6.45, 7) is 10.5. The molecule has 0 radical (unpaired) electrons. The Labute approximate surface area is 145 Å². The van der Waals surface area contributed by atoms with E-state index in [0.717, 1.165) is 83.3 Å². The number of piperazine rings is 1. The molecule has 0 spiro atoms. The fourth-order valence-corrected chi connectivity index (χ4v) is 3.79. The minimum absolute atomic E-state index is 0.353. The largest absolute Gasteiger partial charge is 0.385 e. The van der Waals surface area contributed by atoms with Gasteiger partial charge in [-0.3, -0.25) is 4.90 Å². The molecule has 2 fully saturated rings. The summed E-state index contributed by atoms with van der Waals surface area (Å²) >= 11 is 0. The first-order chi connectivity index (χ1) is 11.7. The first kappa shape index (κ1) is 17.8. The third kappa shape index (κ3) is 4.14. The molecule has 7 heteroatoms. The molecule has 0 unspecified atom stereocenters. The molecule has 1 aliphatic carbocycles. The Morgan fingerprint density at radius 2 is 1.83 bits per heavy atom. The van der Waals surface area contributed by atoms with Gasteiger partial charge in [-0.15, -0.1) is 10.2 Å². The lowest BCUT2D eigenvalue weighted by atomic mass is 9.80. The number of ether oxygens (including phenoxy) is 1. The van der Waals surface area contributed by atoms with Gasteiger partial charge in [-0.05, 0) is 26.2 Å². The van der Waals surface area contributed by atoms with Crippen molar-refractivity contribution in [2.45, 2.75) is 51.2 Å². The molecule has 2 heterocycles. The van der Waals surface area contributed by atoms with Gasteiger partial charge < -0.3 is 19.9 Å². The van der Waals surface area contributed by atoms with Crippen LogP contribution in [0, 0.1) is 0 Å². The van der Waals surface area contributed by atoms with Crippen LogP contribution < -0.4 is 5.73 Å². The fraction of sp³-hybridized carbons (Fsp3) is 0.882. The molecule has 1 saturated heterocycles. The summed E-state index contributed by atoms with van der Waals surface area (Å²) in [4.78, 5) is 5.03. The van der Waals surface area contributed by atoms with Crippen LogP contribution in [0.15, 0.2) is 0 Å². The van der Waals surface area contributed by atoms with Crippen LogP contribution in [0.1, 0.15) is 43.8 Å². The highest BCUT2D eigenvalue weighted by atomic mass is 16.5. The average molecular weight is 336 g/mol. The second kappa shape index (κ2) is 8.38. The molecule has 1 aromatic heterocycles. The van der Waals surface area contributed by atoms with Crippen LogP contribution in [0.5, 0.6) is 0 Å². The van der Waals surface area contributed by atoms with Crippen LogP contribution >= 0.6 is 0 Å². The van der Waals surface area contributed by atoms with Crippen molar-refractivity contribution >= 4 is 0 Å². The van der Waals surface area contributed by atoms with E-state index >= 15 is 0 Å². The maximum absolute atomic E-state index is 5.93. The van der Waals surface area contributed by atoms with Gasteiger partial charge in [0.05, 0.1) is 6.54 Å². The summed E-state index contributed by atoms with van der Waals surface area (Å²) in [5.41, 5.74) is 5.93.